The van der Waals surface area contributed by atoms with E-state index in [-0.39, 0.29) is 12.6 Å². The Kier molecular flexibility index (Phi) is 2.47. The van der Waals surface area contributed by atoms with Gasteiger partial charge in [-0.25, -0.2) is 0 Å². The molecule has 0 aliphatic carbocycles. The molecule has 1 atom stereocenters. The first-order chi connectivity index (χ1) is 6.33. The van der Waals surface area contributed by atoms with Gasteiger partial charge in [0.05, 0.1) is 12.6 Å². The van der Waals surface area contributed by atoms with Crippen LogP contribution in [-0.2, 0) is 6.42 Å². The lowest BCUT2D eigenvalue weighted by Gasteiger charge is -2.05. The van der Waals surface area contributed by atoms with E-state index in [9.17, 15) is 0 Å². The molecule has 0 spiro atoms. The number of anilines is 1. The average Bonchev–Trinajstić information content (AvgIpc) is 2.58. The number of thioether (sulfide) groups is 1. The highest BCUT2D eigenvalue weighted by molar-refractivity contribution is 7.98. The molecule has 2 N–H and O–H groups in total. The zero-order valence-electron chi connectivity index (χ0n) is 7.58. The van der Waals surface area contributed by atoms with Crippen molar-refractivity contribution in [2.75, 3.05) is 18.2 Å². The van der Waals surface area contributed by atoms with Crippen LogP contribution in [0.3, 0.4) is 0 Å². The Labute approximate surface area is 82.4 Å². The zero-order chi connectivity index (χ0) is 9.26. The van der Waals surface area contributed by atoms with Crippen molar-refractivity contribution in [3.05, 3.63) is 23.8 Å². The summed E-state index contributed by atoms with van der Waals surface area (Å²) in [7, 11) is 0. The molecule has 0 saturated heterocycles. The summed E-state index contributed by atoms with van der Waals surface area (Å²) >= 11 is 1.75. The Morgan fingerprint density at radius 3 is 3.15 bits per heavy atom. The van der Waals surface area contributed by atoms with Gasteiger partial charge >= 0.3 is 0 Å². The van der Waals surface area contributed by atoms with E-state index >= 15 is 0 Å². The highest BCUT2D eigenvalue weighted by Gasteiger charge is 2.19. The van der Waals surface area contributed by atoms with Crippen molar-refractivity contribution in [2.24, 2.45) is 0 Å². The molecule has 70 valence electrons. The fourth-order valence-electron chi connectivity index (χ4n) is 1.65. The van der Waals surface area contributed by atoms with Crippen LogP contribution in [0.25, 0.3) is 0 Å². The summed E-state index contributed by atoms with van der Waals surface area (Å²) in [6, 6.07) is 6.61. The molecule has 2 nitrogen and oxygen atoms in total. The molecular weight excluding hydrogens is 182 g/mol. The van der Waals surface area contributed by atoms with E-state index in [0.29, 0.717) is 0 Å². The molecule has 1 aromatic rings. The monoisotopic (exact) mass is 195 g/mol. The smallest absolute Gasteiger partial charge is 0.0636 e. The van der Waals surface area contributed by atoms with E-state index in [1.807, 2.05) is 0 Å². The summed E-state index contributed by atoms with van der Waals surface area (Å²) in [5.74, 6) is 0. The van der Waals surface area contributed by atoms with Gasteiger partial charge in [0.2, 0.25) is 0 Å². The first-order valence-electron chi connectivity index (χ1n) is 4.38. The number of nitrogens with one attached hydrogen (secondary N) is 1. The quantitative estimate of drug-likeness (QED) is 0.705. The van der Waals surface area contributed by atoms with E-state index in [2.05, 4.69) is 29.8 Å². The molecule has 13 heavy (non-hydrogen) atoms. The molecule has 0 radical (unpaired) electrons. The van der Waals surface area contributed by atoms with Crippen LogP contribution in [0.15, 0.2) is 23.1 Å². The Morgan fingerprint density at radius 1 is 1.62 bits per heavy atom. The van der Waals surface area contributed by atoms with Crippen molar-refractivity contribution < 1.29 is 5.11 Å². The predicted octanol–water partition coefficient (Wildman–Crippen LogP) is 1.74. The van der Waals surface area contributed by atoms with Crippen molar-refractivity contribution >= 4 is 17.4 Å². The molecular formula is C10H13NOS. The van der Waals surface area contributed by atoms with Crippen LogP contribution in [0.4, 0.5) is 5.69 Å². The number of hydrogen-bond donors (Lipinski definition) is 2. The molecule has 0 saturated carbocycles. The molecule has 3 heteroatoms. The summed E-state index contributed by atoms with van der Waals surface area (Å²) < 4.78 is 0. The van der Waals surface area contributed by atoms with Gasteiger partial charge in [0, 0.05) is 10.6 Å². The highest BCUT2D eigenvalue weighted by Crippen LogP contribution is 2.29. The minimum absolute atomic E-state index is 0.212. The van der Waals surface area contributed by atoms with Crippen LogP contribution in [0.2, 0.25) is 0 Å². The van der Waals surface area contributed by atoms with Crippen LogP contribution in [0.5, 0.6) is 0 Å². The van der Waals surface area contributed by atoms with Crippen LogP contribution in [0, 0.1) is 0 Å². The van der Waals surface area contributed by atoms with Crippen LogP contribution >= 0.6 is 11.8 Å². The van der Waals surface area contributed by atoms with E-state index in [1.165, 1.54) is 16.1 Å². The second-order valence-electron chi connectivity index (χ2n) is 3.25. The standard InChI is InChI=1S/C10H13NOS/c1-13-9-2-3-10-7(5-9)4-8(6-12)11-10/h2-3,5,8,11-12H,4,6H2,1H3. The van der Waals surface area contributed by atoms with E-state index in [1.54, 1.807) is 11.8 Å². The number of aliphatic hydroxyl groups is 1. The van der Waals surface area contributed by atoms with E-state index in [4.69, 9.17) is 5.11 Å². The van der Waals surface area contributed by atoms with E-state index in [0.717, 1.165) is 6.42 Å². The Bertz CT molecular complexity index is 314. The second-order valence-corrected chi connectivity index (χ2v) is 4.13. The molecule has 0 amide bonds. The Morgan fingerprint density at radius 2 is 2.46 bits per heavy atom. The molecule has 1 aromatic carbocycles. The molecule has 1 heterocycles. The molecule has 1 aliphatic rings. The maximum atomic E-state index is 9.00. The minimum Gasteiger partial charge on any atom is -0.394 e. The first-order valence-corrected chi connectivity index (χ1v) is 5.60. The first kappa shape index (κ1) is 8.91. The van der Waals surface area contributed by atoms with Gasteiger partial charge in [-0.3, -0.25) is 0 Å². The van der Waals surface area contributed by atoms with Gasteiger partial charge in [-0.1, -0.05) is 0 Å². The second kappa shape index (κ2) is 3.60. The van der Waals surface area contributed by atoms with Gasteiger partial charge in [-0.05, 0) is 36.4 Å². The maximum Gasteiger partial charge on any atom is 0.0636 e. The Hall–Kier alpha value is -0.670. The summed E-state index contributed by atoms with van der Waals surface area (Å²) in [5, 5.41) is 12.3. The van der Waals surface area contributed by atoms with Gasteiger partial charge in [-0.15, -0.1) is 11.8 Å². The SMILES string of the molecule is CSc1ccc2c(c1)CC(CO)N2. The largest absolute Gasteiger partial charge is 0.394 e. The van der Waals surface area contributed by atoms with Crippen molar-refractivity contribution in [1.29, 1.82) is 0 Å². The van der Waals surface area contributed by atoms with Gasteiger partial charge in [0.25, 0.3) is 0 Å². The van der Waals surface area contributed by atoms with Crippen molar-refractivity contribution in [2.45, 2.75) is 17.4 Å². The summed E-state index contributed by atoms with van der Waals surface area (Å²) in [4.78, 5) is 1.29. The zero-order valence-corrected chi connectivity index (χ0v) is 8.40. The molecule has 2 rings (SSSR count). The minimum atomic E-state index is 0.212. The highest BCUT2D eigenvalue weighted by atomic mass is 32.2. The third kappa shape index (κ3) is 1.67. The van der Waals surface area contributed by atoms with Gasteiger partial charge in [0.1, 0.15) is 0 Å². The van der Waals surface area contributed by atoms with Crippen LogP contribution < -0.4 is 5.32 Å². The predicted molar refractivity (Wildman–Crippen MR) is 56.4 cm³/mol. The number of fused-ring (bicyclic) bond motifs is 1. The number of benzene rings is 1. The van der Waals surface area contributed by atoms with Crippen molar-refractivity contribution in [3.8, 4) is 0 Å². The fraction of sp³-hybridized carbons (Fsp3) is 0.400. The number of hydrogen-bond acceptors (Lipinski definition) is 3. The topological polar surface area (TPSA) is 32.3 Å². The van der Waals surface area contributed by atoms with E-state index < -0.39 is 0 Å². The third-order valence-electron chi connectivity index (χ3n) is 2.36. The van der Waals surface area contributed by atoms with Gasteiger partial charge < -0.3 is 10.4 Å². The number of aliphatic hydroxyl groups excluding tert-OH is 1. The summed E-state index contributed by atoms with van der Waals surface area (Å²) in [6.07, 6.45) is 3.02. The third-order valence-corrected chi connectivity index (χ3v) is 3.08. The molecule has 1 unspecified atom stereocenters. The number of rotatable bonds is 2. The molecule has 0 bridgehead atoms. The van der Waals surface area contributed by atoms with Gasteiger partial charge in [-0.2, -0.15) is 0 Å². The lowest BCUT2D eigenvalue weighted by molar-refractivity contribution is 0.277. The normalized spacial score (nSPS) is 19.7. The van der Waals surface area contributed by atoms with Crippen molar-refractivity contribution in [3.63, 3.8) is 0 Å². The summed E-state index contributed by atoms with van der Waals surface area (Å²) in [5.41, 5.74) is 2.50. The van der Waals surface area contributed by atoms with Crippen LogP contribution in [0.1, 0.15) is 5.56 Å². The maximum absolute atomic E-state index is 9.00. The molecule has 1 aliphatic heterocycles. The Balaban J connectivity index is 2.25. The fourth-order valence-corrected chi connectivity index (χ4v) is 2.12. The molecule has 0 aromatic heterocycles. The lowest BCUT2D eigenvalue weighted by Crippen LogP contribution is -2.19. The lowest BCUT2D eigenvalue weighted by atomic mass is 10.1. The summed E-state index contributed by atoms with van der Waals surface area (Å²) in [6.45, 7) is 0.212. The molecule has 0 fully saturated rings. The average molecular weight is 195 g/mol. The van der Waals surface area contributed by atoms with Crippen LogP contribution in [-0.4, -0.2) is 24.0 Å². The van der Waals surface area contributed by atoms with Gasteiger partial charge in [0.15, 0.2) is 0 Å². The van der Waals surface area contributed by atoms with Crippen molar-refractivity contribution in [1.82, 2.24) is 0 Å².